The van der Waals surface area contributed by atoms with Gasteiger partial charge in [0.2, 0.25) is 0 Å². The van der Waals surface area contributed by atoms with Crippen molar-refractivity contribution in [3.63, 3.8) is 0 Å². The molecule has 1 amide bonds. The molecule has 6 nitrogen and oxygen atoms in total. The number of carbonyl (C=O) groups is 1. The number of benzene rings is 2. The lowest BCUT2D eigenvalue weighted by Crippen LogP contribution is -2.13. The average Bonchev–Trinajstić information content (AvgIpc) is 3.13. The number of hydrogen-bond donors (Lipinski definition) is 1. The quantitative estimate of drug-likeness (QED) is 0.473. The number of aromatic nitrogens is 4. The highest BCUT2D eigenvalue weighted by Gasteiger charge is 2.22. The maximum absolute atomic E-state index is 13.2. The molecule has 0 atom stereocenters. The fourth-order valence-corrected chi connectivity index (χ4v) is 4.49. The molecule has 0 spiro atoms. The van der Waals surface area contributed by atoms with Crippen LogP contribution in [0.15, 0.2) is 42.5 Å². The van der Waals surface area contributed by atoms with Gasteiger partial charge < -0.3 is 9.88 Å². The molecule has 2 aromatic heterocycles. The number of nitrogens with one attached hydrogen (secondary N) is 1. The van der Waals surface area contributed by atoms with Crippen LogP contribution in [0, 0.1) is 12.7 Å². The van der Waals surface area contributed by atoms with Crippen molar-refractivity contribution in [2.45, 2.75) is 39.2 Å². The first kappa shape index (κ1) is 19.8. The maximum Gasteiger partial charge on any atom is 0.260 e. The fourth-order valence-electron chi connectivity index (χ4n) is 4.13. The van der Waals surface area contributed by atoms with E-state index < -0.39 is 0 Å². The van der Waals surface area contributed by atoms with Crippen LogP contribution >= 0.6 is 11.6 Å². The third kappa shape index (κ3) is 3.59. The monoisotopic (exact) mass is 437 g/mol. The highest BCUT2D eigenvalue weighted by Crippen LogP contribution is 2.27. The highest BCUT2D eigenvalue weighted by molar-refractivity contribution is 6.34. The minimum atomic E-state index is -0.353. The van der Waals surface area contributed by atoms with Crippen LogP contribution in [0.3, 0.4) is 0 Å². The van der Waals surface area contributed by atoms with Crippen molar-refractivity contribution in [3.8, 4) is 5.69 Å². The van der Waals surface area contributed by atoms with Crippen molar-refractivity contribution in [1.29, 1.82) is 0 Å². The molecule has 31 heavy (non-hydrogen) atoms. The number of halogens is 2. The van der Waals surface area contributed by atoms with E-state index in [1.165, 1.54) is 23.2 Å². The summed E-state index contributed by atoms with van der Waals surface area (Å²) in [6.45, 7) is 2.70. The zero-order chi connectivity index (χ0) is 21.5. The second-order valence-electron chi connectivity index (χ2n) is 7.79. The van der Waals surface area contributed by atoms with E-state index in [1.807, 2.05) is 18.2 Å². The highest BCUT2D eigenvalue weighted by atomic mass is 35.5. The molecule has 1 aliphatic rings. The summed E-state index contributed by atoms with van der Waals surface area (Å²) in [5, 5.41) is 7.45. The Bertz CT molecular complexity index is 1290. The van der Waals surface area contributed by atoms with Gasteiger partial charge in [0, 0.05) is 18.7 Å². The lowest BCUT2D eigenvalue weighted by Gasteiger charge is -2.07. The molecule has 0 fully saturated rings. The van der Waals surface area contributed by atoms with Crippen molar-refractivity contribution in [2.24, 2.45) is 0 Å². The first-order valence-corrected chi connectivity index (χ1v) is 10.7. The summed E-state index contributed by atoms with van der Waals surface area (Å²) in [6.07, 6.45) is 4.52. The molecule has 4 aromatic rings. The molecule has 0 unspecified atom stereocenters. The third-order valence-corrected chi connectivity index (χ3v) is 6.02. The number of amides is 1. The molecule has 1 N–H and O–H groups in total. The van der Waals surface area contributed by atoms with Crippen molar-refractivity contribution in [1.82, 2.24) is 19.3 Å². The molecule has 5 rings (SSSR count). The van der Waals surface area contributed by atoms with E-state index in [0.717, 1.165) is 42.7 Å². The number of hydrogen-bond acceptors (Lipinski definition) is 3. The van der Waals surface area contributed by atoms with Gasteiger partial charge in [0.05, 0.1) is 22.4 Å². The van der Waals surface area contributed by atoms with E-state index in [4.69, 9.17) is 16.6 Å². The van der Waals surface area contributed by atoms with Gasteiger partial charge in [-0.25, -0.2) is 14.1 Å². The van der Waals surface area contributed by atoms with Gasteiger partial charge in [0.25, 0.3) is 5.91 Å². The molecule has 2 aromatic carbocycles. The summed E-state index contributed by atoms with van der Waals surface area (Å²) < 4.78 is 16.9. The Balaban J connectivity index is 1.44. The van der Waals surface area contributed by atoms with Crippen LogP contribution in [0.25, 0.3) is 16.7 Å². The van der Waals surface area contributed by atoms with Crippen molar-refractivity contribution in [3.05, 3.63) is 70.5 Å². The van der Waals surface area contributed by atoms with E-state index in [-0.39, 0.29) is 22.4 Å². The van der Waals surface area contributed by atoms with Crippen LogP contribution < -0.4 is 5.32 Å². The number of aryl methyl sites for hydroxylation is 3. The average molecular weight is 438 g/mol. The van der Waals surface area contributed by atoms with Crippen molar-refractivity contribution in [2.75, 3.05) is 5.32 Å². The molecular weight excluding hydrogens is 417 g/mol. The second-order valence-corrected chi connectivity index (χ2v) is 8.15. The first-order chi connectivity index (χ1) is 15.0. The second kappa shape index (κ2) is 7.81. The summed E-state index contributed by atoms with van der Waals surface area (Å²) in [6, 6.07) is 11.5. The van der Waals surface area contributed by atoms with E-state index in [1.54, 1.807) is 19.1 Å². The summed E-state index contributed by atoms with van der Waals surface area (Å²) in [5.41, 5.74) is 3.96. The van der Waals surface area contributed by atoms with Gasteiger partial charge in [0.15, 0.2) is 0 Å². The minimum Gasteiger partial charge on any atom is -0.328 e. The molecule has 158 valence electrons. The van der Waals surface area contributed by atoms with E-state index in [2.05, 4.69) is 15.0 Å². The summed E-state index contributed by atoms with van der Waals surface area (Å²) in [4.78, 5) is 17.8. The summed E-state index contributed by atoms with van der Waals surface area (Å²) in [5.74, 6) is 0.403. The number of carbonyl (C=O) groups excluding carboxylic acids is 1. The zero-order valence-electron chi connectivity index (χ0n) is 17.0. The molecule has 0 saturated carbocycles. The third-order valence-electron chi connectivity index (χ3n) is 5.67. The van der Waals surface area contributed by atoms with Gasteiger partial charge >= 0.3 is 0 Å². The van der Waals surface area contributed by atoms with Gasteiger partial charge in [-0.1, -0.05) is 18.0 Å². The molecule has 0 bridgehead atoms. The van der Waals surface area contributed by atoms with Gasteiger partial charge in [-0.3, -0.25) is 4.79 Å². The Morgan fingerprint density at radius 1 is 1.13 bits per heavy atom. The van der Waals surface area contributed by atoms with Crippen LogP contribution in [0.5, 0.6) is 0 Å². The lowest BCUT2D eigenvalue weighted by molar-refractivity contribution is 0.102. The van der Waals surface area contributed by atoms with Crippen LogP contribution in [0.2, 0.25) is 5.15 Å². The molecule has 0 aliphatic carbocycles. The topological polar surface area (TPSA) is 64.7 Å². The molecule has 1 aliphatic heterocycles. The summed E-state index contributed by atoms with van der Waals surface area (Å²) in [7, 11) is 0. The van der Waals surface area contributed by atoms with E-state index in [9.17, 15) is 9.18 Å². The predicted molar refractivity (Wildman–Crippen MR) is 119 cm³/mol. The SMILES string of the molecule is Cc1nn(-c2ccc(F)cc2)c(Cl)c1C(=O)Nc1ccc2c(c1)nc1n2CCCCC1. The Labute approximate surface area is 183 Å². The van der Waals surface area contributed by atoms with Crippen molar-refractivity contribution >= 4 is 34.2 Å². The Kier molecular flexibility index (Phi) is 4.98. The number of rotatable bonds is 3. The Morgan fingerprint density at radius 3 is 2.74 bits per heavy atom. The normalized spacial score (nSPS) is 13.8. The van der Waals surface area contributed by atoms with E-state index in [0.29, 0.717) is 17.1 Å². The van der Waals surface area contributed by atoms with E-state index >= 15 is 0 Å². The van der Waals surface area contributed by atoms with Crippen molar-refractivity contribution < 1.29 is 9.18 Å². The lowest BCUT2D eigenvalue weighted by atomic mass is 10.2. The molecule has 3 heterocycles. The number of nitrogens with zero attached hydrogens (tertiary/aromatic N) is 4. The van der Waals surface area contributed by atoms with Crippen LogP contribution in [0.1, 0.15) is 41.1 Å². The van der Waals surface area contributed by atoms with Gasteiger partial charge in [-0.2, -0.15) is 5.10 Å². The first-order valence-electron chi connectivity index (χ1n) is 10.3. The molecular formula is C23H21ClFN5O. The smallest absolute Gasteiger partial charge is 0.260 e. The zero-order valence-corrected chi connectivity index (χ0v) is 17.8. The van der Waals surface area contributed by atoms with Crippen LogP contribution in [-0.2, 0) is 13.0 Å². The van der Waals surface area contributed by atoms with Gasteiger partial charge in [0.1, 0.15) is 22.4 Å². The standard InChI is InChI=1S/C23H21ClFN5O/c1-14-21(22(24)30(28-14)17-9-6-15(25)7-10-17)23(31)26-16-8-11-19-18(13-16)27-20-5-3-2-4-12-29(19)20/h6-11,13H,2-5,12H2,1H3,(H,26,31). The van der Waals surface area contributed by atoms with Crippen LogP contribution in [-0.4, -0.2) is 25.2 Å². The van der Waals surface area contributed by atoms with Crippen LogP contribution in [0.4, 0.5) is 10.1 Å². The molecule has 0 saturated heterocycles. The largest absolute Gasteiger partial charge is 0.328 e. The Morgan fingerprint density at radius 2 is 1.94 bits per heavy atom. The van der Waals surface area contributed by atoms with Gasteiger partial charge in [-0.05, 0) is 62.2 Å². The minimum absolute atomic E-state index is 0.177. The fraction of sp³-hybridized carbons (Fsp3) is 0.261. The predicted octanol–water partition coefficient (Wildman–Crippen LogP) is 5.30. The Hall–Kier alpha value is -3.19. The number of imidazole rings is 1. The molecule has 8 heteroatoms. The number of fused-ring (bicyclic) bond motifs is 3. The maximum atomic E-state index is 13.2. The summed E-state index contributed by atoms with van der Waals surface area (Å²) >= 11 is 6.47. The van der Waals surface area contributed by atoms with Gasteiger partial charge in [-0.15, -0.1) is 0 Å². The molecule has 0 radical (unpaired) electrons. The number of anilines is 1.